The van der Waals surface area contributed by atoms with E-state index in [1.807, 2.05) is 17.0 Å². The number of fused-ring (bicyclic) bond motifs is 1. The number of piperazine rings is 1. The largest absolute Gasteiger partial charge is 0.476 e. The van der Waals surface area contributed by atoms with Gasteiger partial charge in [-0.2, -0.15) is 0 Å². The number of benzene rings is 3. The molecule has 1 aliphatic carbocycles. The van der Waals surface area contributed by atoms with E-state index in [2.05, 4.69) is 17.4 Å². The maximum atomic E-state index is 14.3. The predicted octanol–water partition coefficient (Wildman–Crippen LogP) is 5.98. The highest BCUT2D eigenvalue weighted by Gasteiger charge is 2.42. The van der Waals surface area contributed by atoms with E-state index in [1.165, 1.54) is 48.6 Å². The first-order valence-corrected chi connectivity index (χ1v) is 15.5. The number of amides is 3. The van der Waals surface area contributed by atoms with E-state index < -0.39 is 5.60 Å². The summed E-state index contributed by atoms with van der Waals surface area (Å²) >= 11 is 0. The van der Waals surface area contributed by atoms with Crippen molar-refractivity contribution in [1.29, 1.82) is 0 Å². The van der Waals surface area contributed by atoms with Gasteiger partial charge in [-0.3, -0.25) is 19.3 Å². The Morgan fingerprint density at radius 1 is 0.909 bits per heavy atom. The van der Waals surface area contributed by atoms with Crippen LogP contribution in [0.5, 0.6) is 5.75 Å². The molecular formula is C35H39FN4O4. The van der Waals surface area contributed by atoms with Crippen molar-refractivity contribution in [1.82, 2.24) is 4.90 Å². The zero-order valence-electron chi connectivity index (χ0n) is 25.4. The number of rotatable bonds is 6. The second-order valence-corrected chi connectivity index (χ2v) is 12.4. The first-order valence-electron chi connectivity index (χ1n) is 15.5. The highest BCUT2D eigenvalue weighted by molar-refractivity contribution is 6.09. The predicted molar refractivity (Wildman–Crippen MR) is 169 cm³/mol. The van der Waals surface area contributed by atoms with Crippen LogP contribution in [0.15, 0.2) is 66.7 Å². The fourth-order valence-corrected chi connectivity index (χ4v) is 6.48. The summed E-state index contributed by atoms with van der Waals surface area (Å²) in [6.45, 7) is 4.93. The number of anilines is 3. The molecule has 0 spiro atoms. The molecule has 1 saturated heterocycles. The number of nitrogens with one attached hydrogen (secondary N) is 1. The van der Waals surface area contributed by atoms with Crippen molar-refractivity contribution in [3.8, 4) is 5.75 Å². The number of ether oxygens (including phenoxy) is 1. The molecular weight excluding hydrogens is 559 g/mol. The fourth-order valence-electron chi connectivity index (χ4n) is 6.48. The molecule has 230 valence electrons. The molecule has 8 nitrogen and oxygen atoms in total. The second kappa shape index (κ2) is 12.3. The lowest BCUT2D eigenvalue weighted by Crippen LogP contribution is -2.57. The maximum Gasteiger partial charge on any atom is 0.271 e. The van der Waals surface area contributed by atoms with Crippen LogP contribution < -0.4 is 19.9 Å². The van der Waals surface area contributed by atoms with E-state index in [-0.39, 0.29) is 30.1 Å². The van der Waals surface area contributed by atoms with Crippen LogP contribution in [-0.2, 0) is 9.59 Å². The van der Waals surface area contributed by atoms with E-state index in [0.29, 0.717) is 60.5 Å². The average molecular weight is 599 g/mol. The SMILES string of the molecule is CC1(C)Oc2ccc(C(=O)Nc3ccc(C4CCCCC4)cc3)cc2N(CC(=O)N2CCN(c3ccccc3F)CC2)C1=O. The minimum atomic E-state index is -1.18. The van der Waals surface area contributed by atoms with Gasteiger partial charge < -0.3 is 19.9 Å². The summed E-state index contributed by atoms with van der Waals surface area (Å²) in [5, 5.41) is 2.96. The Morgan fingerprint density at radius 3 is 2.32 bits per heavy atom. The van der Waals surface area contributed by atoms with E-state index >= 15 is 0 Å². The van der Waals surface area contributed by atoms with Crippen molar-refractivity contribution in [3.05, 3.63) is 83.7 Å². The molecule has 1 saturated carbocycles. The minimum absolute atomic E-state index is 0.188. The van der Waals surface area contributed by atoms with Crippen molar-refractivity contribution in [2.75, 3.05) is 47.8 Å². The molecule has 3 aliphatic rings. The highest BCUT2D eigenvalue weighted by atomic mass is 19.1. The van der Waals surface area contributed by atoms with Crippen molar-refractivity contribution in [3.63, 3.8) is 0 Å². The first kappa shape index (κ1) is 29.7. The molecule has 44 heavy (non-hydrogen) atoms. The lowest BCUT2D eigenvalue weighted by atomic mass is 9.84. The first-order chi connectivity index (χ1) is 21.2. The smallest absolute Gasteiger partial charge is 0.271 e. The Hall–Kier alpha value is -4.40. The number of halogens is 1. The van der Waals surface area contributed by atoms with Crippen LogP contribution in [0.4, 0.5) is 21.5 Å². The summed E-state index contributed by atoms with van der Waals surface area (Å²) in [5.41, 5.74) is 2.08. The van der Waals surface area contributed by atoms with Crippen LogP contribution in [0.3, 0.4) is 0 Å². The quantitative estimate of drug-likeness (QED) is 0.378. The lowest BCUT2D eigenvalue weighted by molar-refractivity contribution is -0.136. The summed E-state index contributed by atoms with van der Waals surface area (Å²) in [4.78, 5) is 45.3. The summed E-state index contributed by atoms with van der Waals surface area (Å²) in [6.07, 6.45) is 6.25. The van der Waals surface area contributed by atoms with Crippen LogP contribution in [0.2, 0.25) is 0 Å². The molecule has 0 bridgehead atoms. The van der Waals surface area contributed by atoms with E-state index in [9.17, 15) is 18.8 Å². The molecule has 1 N–H and O–H groups in total. The molecule has 2 heterocycles. The Kier molecular flexibility index (Phi) is 8.29. The summed E-state index contributed by atoms with van der Waals surface area (Å²) in [5.74, 6) is -0.171. The molecule has 2 aliphatic heterocycles. The standard InChI is InChI=1S/C35H39FN4O4/c1-35(2)34(43)40(23-32(41)39-20-18-38(19-21-39)29-11-7-6-10-28(29)36)30-22-26(14-17-31(30)44-35)33(42)37-27-15-12-25(13-16-27)24-8-4-3-5-9-24/h6-7,10-17,22,24H,3-5,8-9,18-21,23H2,1-2H3,(H,37,42). The Bertz CT molecular complexity index is 1540. The highest BCUT2D eigenvalue weighted by Crippen LogP contribution is 2.39. The van der Waals surface area contributed by atoms with Gasteiger partial charge in [-0.05, 0) is 80.6 Å². The molecule has 3 amide bonds. The fraction of sp³-hybridized carbons (Fsp3) is 0.400. The number of carbonyl (C=O) groups excluding carboxylic acids is 3. The molecule has 0 radical (unpaired) electrons. The summed E-state index contributed by atoms with van der Waals surface area (Å²) in [7, 11) is 0. The third-order valence-electron chi connectivity index (χ3n) is 9.00. The van der Waals surface area contributed by atoms with Crippen LogP contribution in [0.25, 0.3) is 0 Å². The van der Waals surface area contributed by atoms with Gasteiger partial charge in [0.05, 0.1) is 11.4 Å². The van der Waals surface area contributed by atoms with Gasteiger partial charge in [-0.25, -0.2) is 4.39 Å². The van der Waals surface area contributed by atoms with Crippen LogP contribution in [0.1, 0.15) is 67.8 Å². The third-order valence-corrected chi connectivity index (χ3v) is 9.00. The Morgan fingerprint density at radius 2 is 1.61 bits per heavy atom. The van der Waals surface area contributed by atoms with Gasteiger partial charge in [0.25, 0.3) is 11.8 Å². The molecule has 3 aromatic rings. The molecule has 6 rings (SSSR count). The van der Waals surface area contributed by atoms with Crippen LogP contribution >= 0.6 is 0 Å². The minimum Gasteiger partial charge on any atom is -0.476 e. The number of carbonyl (C=O) groups is 3. The van der Waals surface area contributed by atoms with Crippen molar-refractivity contribution >= 4 is 34.8 Å². The Balaban J connectivity index is 1.15. The summed E-state index contributed by atoms with van der Waals surface area (Å²) in [6, 6.07) is 19.6. The molecule has 2 fully saturated rings. The zero-order valence-corrected chi connectivity index (χ0v) is 25.4. The summed E-state index contributed by atoms with van der Waals surface area (Å²) < 4.78 is 20.3. The molecule has 3 aromatic carbocycles. The van der Waals surface area contributed by atoms with E-state index in [0.717, 1.165) is 0 Å². The molecule has 0 unspecified atom stereocenters. The lowest BCUT2D eigenvalue weighted by Gasteiger charge is -2.40. The van der Waals surface area contributed by atoms with Gasteiger partial charge in [0, 0.05) is 37.4 Å². The van der Waals surface area contributed by atoms with Gasteiger partial charge >= 0.3 is 0 Å². The number of nitrogens with zero attached hydrogens (tertiary/aromatic N) is 3. The topological polar surface area (TPSA) is 82.2 Å². The van der Waals surface area contributed by atoms with Crippen molar-refractivity contribution < 1.29 is 23.5 Å². The number of hydrogen-bond donors (Lipinski definition) is 1. The Labute approximate surface area is 257 Å². The molecule has 0 aromatic heterocycles. The van der Waals surface area contributed by atoms with Gasteiger partial charge in [0.1, 0.15) is 18.1 Å². The van der Waals surface area contributed by atoms with Crippen LogP contribution in [-0.4, -0.2) is 60.9 Å². The monoisotopic (exact) mass is 598 g/mol. The van der Waals surface area contributed by atoms with E-state index in [4.69, 9.17) is 4.74 Å². The van der Waals surface area contributed by atoms with Gasteiger partial charge in [-0.1, -0.05) is 43.5 Å². The number of para-hydroxylation sites is 1. The second-order valence-electron chi connectivity index (χ2n) is 12.4. The zero-order chi connectivity index (χ0) is 30.8. The van der Waals surface area contributed by atoms with Gasteiger partial charge in [-0.15, -0.1) is 0 Å². The average Bonchev–Trinajstić information content (AvgIpc) is 3.04. The molecule has 0 atom stereocenters. The van der Waals surface area contributed by atoms with E-state index in [1.54, 1.807) is 55.1 Å². The number of hydrogen-bond acceptors (Lipinski definition) is 5. The van der Waals surface area contributed by atoms with Gasteiger partial charge in [0.2, 0.25) is 5.91 Å². The third kappa shape index (κ3) is 6.14. The van der Waals surface area contributed by atoms with Crippen molar-refractivity contribution in [2.24, 2.45) is 0 Å². The van der Waals surface area contributed by atoms with Crippen molar-refractivity contribution in [2.45, 2.75) is 57.5 Å². The normalized spacial score (nSPS) is 18.4. The molecule has 9 heteroatoms. The van der Waals surface area contributed by atoms with Gasteiger partial charge in [0.15, 0.2) is 5.60 Å². The van der Waals surface area contributed by atoms with Crippen LogP contribution in [0, 0.1) is 5.82 Å². The maximum absolute atomic E-state index is 14.3.